The van der Waals surface area contributed by atoms with Gasteiger partial charge in [-0.25, -0.2) is 0 Å². The normalized spacial score (nSPS) is 26.3. The van der Waals surface area contributed by atoms with Gasteiger partial charge in [-0.05, 0) is 30.6 Å². The van der Waals surface area contributed by atoms with E-state index in [0.717, 1.165) is 11.3 Å². The minimum atomic E-state index is 0.499. The van der Waals surface area contributed by atoms with E-state index >= 15 is 0 Å². The number of allylic oxidation sites excluding steroid dienone is 3. The van der Waals surface area contributed by atoms with Crippen LogP contribution in [0.1, 0.15) is 25.7 Å². The summed E-state index contributed by atoms with van der Waals surface area (Å²) in [6, 6.07) is 0. The molecule has 1 fully saturated rings. The molecule has 0 amide bonds. The third-order valence-corrected chi connectivity index (χ3v) is 3.60. The highest BCUT2D eigenvalue weighted by atomic mass is 32.1. The average molecular weight is 221 g/mol. The predicted octanol–water partition coefficient (Wildman–Crippen LogP) is 3.38. The Kier molecular flexibility index (Phi) is 3.57. The molecule has 0 saturated carbocycles. The lowest BCUT2D eigenvalue weighted by Gasteiger charge is -2.34. The van der Waals surface area contributed by atoms with E-state index in [9.17, 15) is 0 Å². The molecule has 1 aliphatic heterocycles. The average Bonchev–Trinajstić information content (AvgIpc) is 2.30. The Morgan fingerprint density at radius 3 is 2.67 bits per heavy atom. The standard InChI is InChI=1S/C13H19NS/c1-11(14-9-3-2-4-10-14)12-5-7-13(15)8-6-12/h5,7-8,12,15H,1-4,6,9-10H2. The van der Waals surface area contributed by atoms with Crippen molar-refractivity contribution in [3.8, 4) is 0 Å². The molecule has 1 nitrogen and oxygen atoms in total. The van der Waals surface area contributed by atoms with Crippen LogP contribution in [0.2, 0.25) is 0 Å². The van der Waals surface area contributed by atoms with Gasteiger partial charge in [0.25, 0.3) is 0 Å². The van der Waals surface area contributed by atoms with E-state index < -0.39 is 0 Å². The minimum Gasteiger partial charge on any atom is -0.375 e. The zero-order valence-electron chi connectivity index (χ0n) is 9.15. The van der Waals surface area contributed by atoms with Crippen molar-refractivity contribution in [2.45, 2.75) is 25.7 Å². The number of hydrogen-bond acceptors (Lipinski definition) is 2. The molecule has 2 rings (SSSR count). The first-order valence-electron chi connectivity index (χ1n) is 5.78. The van der Waals surface area contributed by atoms with Crippen LogP contribution < -0.4 is 0 Å². The Labute approximate surface area is 98.0 Å². The Morgan fingerprint density at radius 1 is 1.33 bits per heavy atom. The second kappa shape index (κ2) is 4.93. The highest BCUT2D eigenvalue weighted by Gasteiger charge is 2.18. The zero-order valence-corrected chi connectivity index (χ0v) is 10.0. The minimum absolute atomic E-state index is 0.499. The lowest BCUT2D eigenvalue weighted by atomic mass is 9.95. The van der Waals surface area contributed by atoms with Crippen LogP contribution in [0.25, 0.3) is 0 Å². The molecule has 0 aromatic heterocycles. The first-order chi connectivity index (χ1) is 7.27. The zero-order chi connectivity index (χ0) is 10.7. The fourth-order valence-electron chi connectivity index (χ4n) is 2.27. The van der Waals surface area contributed by atoms with Gasteiger partial charge >= 0.3 is 0 Å². The van der Waals surface area contributed by atoms with Gasteiger partial charge in [0, 0.05) is 24.7 Å². The highest BCUT2D eigenvalue weighted by molar-refractivity contribution is 7.84. The van der Waals surface area contributed by atoms with Crippen molar-refractivity contribution in [2.24, 2.45) is 5.92 Å². The molecule has 15 heavy (non-hydrogen) atoms. The van der Waals surface area contributed by atoms with Crippen LogP contribution >= 0.6 is 12.6 Å². The Balaban J connectivity index is 1.93. The van der Waals surface area contributed by atoms with Crippen LogP contribution in [-0.4, -0.2) is 18.0 Å². The highest BCUT2D eigenvalue weighted by Crippen LogP contribution is 2.27. The lowest BCUT2D eigenvalue weighted by molar-refractivity contribution is 0.266. The summed E-state index contributed by atoms with van der Waals surface area (Å²) in [6.45, 7) is 6.64. The number of piperidine rings is 1. The molecule has 1 unspecified atom stereocenters. The van der Waals surface area contributed by atoms with Crippen LogP contribution in [-0.2, 0) is 0 Å². The second-order valence-electron chi connectivity index (χ2n) is 4.37. The summed E-state index contributed by atoms with van der Waals surface area (Å²) in [6.07, 6.45) is 11.6. The summed E-state index contributed by atoms with van der Waals surface area (Å²) < 4.78 is 0. The third kappa shape index (κ3) is 2.69. The van der Waals surface area contributed by atoms with Crippen molar-refractivity contribution in [3.63, 3.8) is 0 Å². The van der Waals surface area contributed by atoms with Crippen molar-refractivity contribution in [3.05, 3.63) is 35.4 Å². The van der Waals surface area contributed by atoms with Crippen molar-refractivity contribution >= 4 is 12.6 Å². The molecule has 82 valence electrons. The first-order valence-corrected chi connectivity index (χ1v) is 6.23. The summed E-state index contributed by atoms with van der Waals surface area (Å²) in [7, 11) is 0. The van der Waals surface area contributed by atoms with Crippen LogP contribution in [0.5, 0.6) is 0 Å². The van der Waals surface area contributed by atoms with E-state index in [1.54, 1.807) is 0 Å². The van der Waals surface area contributed by atoms with E-state index in [1.165, 1.54) is 38.0 Å². The summed E-state index contributed by atoms with van der Waals surface area (Å²) >= 11 is 4.33. The van der Waals surface area contributed by atoms with Gasteiger partial charge in [-0.2, -0.15) is 0 Å². The van der Waals surface area contributed by atoms with Gasteiger partial charge in [-0.3, -0.25) is 0 Å². The Morgan fingerprint density at radius 2 is 2.07 bits per heavy atom. The molecule has 0 bridgehead atoms. The van der Waals surface area contributed by atoms with E-state index in [1.807, 2.05) is 0 Å². The molecule has 0 aromatic carbocycles. The molecule has 1 heterocycles. The van der Waals surface area contributed by atoms with Gasteiger partial charge in [0.15, 0.2) is 0 Å². The second-order valence-corrected chi connectivity index (χ2v) is 4.89. The SMILES string of the molecule is C=C(C1C=CC(S)=CC1)N1CCCCC1. The van der Waals surface area contributed by atoms with Crippen molar-refractivity contribution in [2.75, 3.05) is 13.1 Å². The molecule has 1 saturated heterocycles. The van der Waals surface area contributed by atoms with E-state index in [2.05, 4.69) is 42.3 Å². The van der Waals surface area contributed by atoms with E-state index in [0.29, 0.717) is 5.92 Å². The van der Waals surface area contributed by atoms with Crippen LogP contribution in [0.15, 0.2) is 35.4 Å². The van der Waals surface area contributed by atoms with Gasteiger partial charge in [0.2, 0.25) is 0 Å². The lowest BCUT2D eigenvalue weighted by Crippen LogP contribution is -2.31. The molecule has 0 spiro atoms. The predicted molar refractivity (Wildman–Crippen MR) is 68.9 cm³/mol. The van der Waals surface area contributed by atoms with Crippen molar-refractivity contribution in [1.82, 2.24) is 4.90 Å². The van der Waals surface area contributed by atoms with Crippen molar-refractivity contribution < 1.29 is 0 Å². The maximum absolute atomic E-state index is 4.33. The summed E-state index contributed by atoms with van der Waals surface area (Å²) in [5.41, 5.74) is 1.29. The number of hydrogen-bond donors (Lipinski definition) is 1. The largest absolute Gasteiger partial charge is 0.375 e. The molecule has 0 radical (unpaired) electrons. The molecule has 0 aromatic rings. The number of rotatable bonds is 2. The van der Waals surface area contributed by atoms with Gasteiger partial charge < -0.3 is 4.90 Å². The fourth-order valence-corrected chi connectivity index (χ4v) is 2.46. The maximum Gasteiger partial charge on any atom is 0.0201 e. The number of thiol groups is 1. The summed E-state index contributed by atoms with van der Waals surface area (Å²) in [5.74, 6) is 0.499. The van der Waals surface area contributed by atoms with E-state index in [-0.39, 0.29) is 0 Å². The summed E-state index contributed by atoms with van der Waals surface area (Å²) in [4.78, 5) is 3.54. The van der Waals surface area contributed by atoms with Crippen molar-refractivity contribution in [1.29, 1.82) is 0 Å². The topological polar surface area (TPSA) is 3.24 Å². The van der Waals surface area contributed by atoms with Crippen LogP contribution in [0.4, 0.5) is 0 Å². The van der Waals surface area contributed by atoms with Gasteiger partial charge in [0.1, 0.15) is 0 Å². The monoisotopic (exact) mass is 221 g/mol. The van der Waals surface area contributed by atoms with Gasteiger partial charge in [-0.15, -0.1) is 12.6 Å². The molecular weight excluding hydrogens is 202 g/mol. The molecule has 1 atom stereocenters. The molecular formula is C13H19NS. The number of nitrogens with zero attached hydrogens (tertiary/aromatic N) is 1. The van der Waals surface area contributed by atoms with Crippen LogP contribution in [0, 0.1) is 5.92 Å². The van der Waals surface area contributed by atoms with Gasteiger partial charge in [-0.1, -0.05) is 24.8 Å². The molecule has 2 heteroatoms. The number of likely N-dealkylation sites (tertiary alicyclic amines) is 1. The Bertz CT molecular complexity index is 298. The first kappa shape index (κ1) is 10.9. The Hall–Kier alpha value is -0.630. The molecule has 1 aliphatic carbocycles. The quantitative estimate of drug-likeness (QED) is 0.700. The van der Waals surface area contributed by atoms with Crippen LogP contribution in [0.3, 0.4) is 0 Å². The third-order valence-electron chi connectivity index (χ3n) is 3.27. The fraction of sp³-hybridized carbons (Fsp3) is 0.538. The van der Waals surface area contributed by atoms with E-state index in [4.69, 9.17) is 0 Å². The molecule has 2 aliphatic rings. The smallest absolute Gasteiger partial charge is 0.0201 e. The van der Waals surface area contributed by atoms with Gasteiger partial charge in [0.05, 0.1) is 0 Å². The molecule has 0 N–H and O–H groups in total. The maximum atomic E-state index is 4.33. The summed E-state index contributed by atoms with van der Waals surface area (Å²) in [5, 5.41) is 0.